The van der Waals surface area contributed by atoms with E-state index in [0.717, 1.165) is 11.3 Å². The largest absolute Gasteiger partial charge is 0.323 e. The lowest BCUT2D eigenvalue weighted by molar-refractivity contribution is -0.117. The van der Waals surface area contributed by atoms with Crippen LogP contribution in [0.25, 0.3) is 0 Å². The first-order valence-corrected chi connectivity index (χ1v) is 7.13. The summed E-state index contributed by atoms with van der Waals surface area (Å²) in [5, 5.41) is 3.28. The Balaban J connectivity index is 2.61. The summed E-state index contributed by atoms with van der Waals surface area (Å²) in [7, 11) is 0. The van der Waals surface area contributed by atoms with Crippen LogP contribution >= 0.6 is 23.4 Å². The van der Waals surface area contributed by atoms with E-state index in [1.165, 1.54) is 0 Å². The topological polar surface area (TPSA) is 55.1 Å². The molecule has 0 aliphatic heterocycles. The van der Waals surface area contributed by atoms with Crippen molar-refractivity contribution in [2.45, 2.75) is 19.4 Å². The number of carbonyl (C=O) groups excluding carboxylic acids is 1. The lowest BCUT2D eigenvalue weighted by Gasteiger charge is -2.12. The van der Waals surface area contributed by atoms with Crippen LogP contribution in [0.3, 0.4) is 0 Å². The number of nitrogens with one attached hydrogen (secondary N) is 1. The van der Waals surface area contributed by atoms with E-state index in [9.17, 15) is 4.79 Å². The molecule has 94 valence electrons. The molecule has 0 spiro atoms. The van der Waals surface area contributed by atoms with Crippen molar-refractivity contribution in [1.82, 2.24) is 0 Å². The van der Waals surface area contributed by atoms with Crippen LogP contribution in [-0.2, 0) is 4.79 Å². The Hall–Kier alpha value is -0.710. The minimum absolute atomic E-state index is 0.190. The third kappa shape index (κ3) is 4.58. The maximum absolute atomic E-state index is 11.8. The number of thioether (sulfide) groups is 1. The molecule has 5 heteroatoms. The van der Waals surface area contributed by atoms with E-state index in [0.29, 0.717) is 17.1 Å². The lowest BCUT2D eigenvalue weighted by Crippen LogP contribution is -2.36. The number of anilines is 1. The Morgan fingerprint density at radius 3 is 2.88 bits per heavy atom. The Kier molecular flexibility index (Phi) is 5.82. The Bertz CT molecular complexity index is 398. The van der Waals surface area contributed by atoms with Gasteiger partial charge in [-0.2, -0.15) is 11.8 Å². The highest BCUT2D eigenvalue weighted by molar-refractivity contribution is 7.98. The molecule has 0 aliphatic carbocycles. The first-order chi connectivity index (χ1) is 8.04. The highest BCUT2D eigenvalue weighted by Crippen LogP contribution is 2.22. The van der Waals surface area contributed by atoms with E-state index >= 15 is 0 Å². The average molecular weight is 273 g/mol. The molecule has 1 atom stereocenters. The quantitative estimate of drug-likeness (QED) is 0.866. The van der Waals surface area contributed by atoms with Crippen molar-refractivity contribution < 1.29 is 4.79 Å². The highest BCUT2D eigenvalue weighted by Gasteiger charge is 2.14. The molecule has 0 saturated heterocycles. The van der Waals surface area contributed by atoms with Crippen molar-refractivity contribution in [2.24, 2.45) is 5.73 Å². The number of aryl methyl sites for hydroxylation is 1. The van der Waals surface area contributed by atoms with Gasteiger partial charge in [0.1, 0.15) is 0 Å². The highest BCUT2D eigenvalue weighted by atomic mass is 35.5. The molecule has 17 heavy (non-hydrogen) atoms. The van der Waals surface area contributed by atoms with Gasteiger partial charge in [0.15, 0.2) is 0 Å². The summed E-state index contributed by atoms with van der Waals surface area (Å²) in [5.41, 5.74) is 7.43. The average Bonchev–Trinajstić information content (AvgIpc) is 2.29. The van der Waals surface area contributed by atoms with Crippen molar-refractivity contribution in [3.63, 3.8) is 0 Å². The molecule has 1 aromatic carbocycles. The maximum Gasteiger partial charge on any atom is 0.241 e. The molecule has 1 amide bonds. The predicted octanol–water partition coefficient (Wildman–Crippen LogP) is 2.67. The predicted molar refractivity (Wildman–Crippen MR) is 75.8 cm³/mol. The molecule has 3 nitrogen and oxygen atoms in total. The lowest BCUT2D eigenvalue weighted by atomic mass is 10.2. The fraction of sp³-hybridized carbons (Fsp3) is 0.417. The van der Waals surface area contributed by atoms with Gasteiger partial charge in [-0.1, -0.05) is 17.7 Å². The number of hydrogen-bond acceptors (Lipinski definition) is 3. The number of amides is 1. The molecule has 1 rings (SSSR count). The van der Waals surface area contributed by atoms with Gasteiger partial charge in [-0.3, -0.25) is 4.79 Å². The maximum atomic E-state index is 11.8. The van der Waals surface area contributed by atoms with Crippen LogP contribution in [0.15, 0.2) is 18.2 Å². The van der Waals surface area contributed by atoms with Crippen LogP contribution in [0.2, 0.25) is 5.02 Å². The number of carbonyl (C=O) groups is 1. The van der Waals surface area contributed by atoms with Crippen molar-refractivity contribution in [3.05, 3.63) is 28.8 Å². The standard InChI is InChI=1S/C12H17ClN2OS/c1-8-3-4-11(9(13)7-8)15-12(16)10(14)5-6-17-2/h3-4,7,10H,5-6,14H2,1-2H3,(H,15,16)/t10-/m0/s1. The number of benzene rings is 1. The third-order valence-corrected chi connectivity index (χ3v) is 3.31. The Labute approximate surface area is 111 Å². The van der Waals surface area contributed by atoms with Crippen LogP contribution in [0.4, 0.5) is 5.69 Å². The van der Waals surface area contributed by atoms with Crippen LogP contribution in [-0.4, -0.2) is 24.0 Å². The van der Waals surface area contributed by atoms with Gasteiger partial charge in [0.05, 0.1) is 16.8 Å². The van der Waals surface area contributed by atoms with E-state index < -0.39 is 6.04 Å². The van der Waals surface area contributed by atoms with Gasteiger partial charge >= 0.3 is 0 Å². The van der Waals surface area contributed by atoms with Crippen LogP contribution in [0.5, 0.6) is 0 Å². The van der Waals surface area contributed by atoms with E-state index in [2.05, 4.69) is 5.32 Å². The van der Waals surface area contributed by atoms with Gasteiger partial charge in [-0.15, -0.1) is 0 Å². The molecule has 0 radical (unpaired) electrons. The summed E-state index contributed by atoms with van der Waals surface area (Å²) in [5.74, 6) is 0.681. The fourth-order valence-corrected chi connectivity index (χ4v) is 2.09. The number of rotatable bonds is 5. The zero-order valence-corrected chi connectivity index (χ0v) is 11.6. The fourth-order valence-electron chi connectivity index (χ4n) is 1.32. The molecule has 0 heterocycles. The molecular formula is C12H17ClN2OS. The molecular weight excluding hydrogens is 256 g/mol. The van der Waals surface area contributed by atoms with Gasteiger partial charge in [0.2, 0.25) is 5.91 Å². The second kappa shape index (κ2) is 6.89. The van der Waals surface area contributed by atoms with Crippen LogP contribution in [0.1, 0.15) is 12.0 Å². The molecule has 0 unspecified atom stereocenters. The molecule has 3 N–H and O–H groups in total. The van der Waals surface area contributed by atoms with Crippen molar-refractivity contribution in [1.29, 1.82) is 0 Å². The van der Waals surface area contributed by atoms with Crippen LogP contribution in [0, 0.1) is 6.92 Å². The zero-order chi connectivity index (χ0) is 12.8. The number of halogens is 1. The van der Waals surface area contributed by atoms with Gasteiger partial charge in [-0.05, 0) is 43.0 Å². The van der Waals surface area contributed by atoms with E-state index in [1.807, 2.05) is 25.3 Å². The summed E-state index contributed by atoms with van der Waals surface area (Å²) in [6.45, 7) is 1.95. The molecule has 0 fully saturated rings. The first kappa shape index (κ1) is 14.4. The van der Waals surface area contributed by atoms with Crippen molar-refractivity contribution in [3.8, 4) is 0 Å². The SMILES string of the molecule is CSCC[C@H](N)C(=O)Nc1ccc(C)cc1Cl. The van der Waals surface area contributed by atoms with E-state index in [1.54, 1.807) is 17.8 Å². The minimum Gasteiger partial charge on any atom is -0.323 e. The first-order valence-electron chi connectivity index (χ1n) is 5.36. The summed E-state index contributed by atoms with van der Waals surface area (Å²) in [6.07, 6.45) is 2.65. The van der Waals surface area contributed by atoms with Gasteiger partial charge < -0.3 is 11.1 Å². The smallest absolute Gasteiger partial charge is 0.241 e. The Morgan fingerprint density at radius 2 is 2.29 bits per heavy atom. The Morgan fingerprint density at radius 1 is 1.59 bits per heavy atom. The molecule has 0 aromatic heterocycles. The summed E-state index contributed by atoms with van der Waals surface area (Å²) in [6, 6.07) is 5.01. The molecule has 0 aliphatic rings. The number of nitrogens with two attached hydrogens (primary N) is 1. The van der Waals surface area contributed by atoms with E-state index in [4.69, 9.17) is 17.3 Å². The third-order valence-electron chi connectivity index (χ3n) is 2.35. The normalized spacial score (nSPS) is 12.2. The van der Waals surface area contributed by atoms with Crippen molar-refractivity contribution >= 4 is 35.0 Å². The van der Waals surface area contributed by atoms with Crippen LogP contribution < -0.4 is 11.1 Å². The minimum atomic E-state index is -0.486. The van der Waals surface area contributed by atoms with Gasteiger partial charge in [0, 0.05) is 0 Å². The molecule has 0 saturated carbocycles. The van der Waals surface area contributed by atoms with Crippen molar-refractivity contribution in [2.75, 3.05) is 17.3 Å². The summed E-state index contributed by atoms with van der Waals surface area (Å²) in [4.78, 5) is 11.8. The second-order valence-electron chi connectivity index (χ2n) is 3.86. The molecule has 0 bridgehead atoms. The summed E-state index contributed by atoms with van der Waals surface area (Å²) >= 11 is 7.70. The monoisotopic (exact) mass is 272 g/mol. The van der Waals surface area contributed by atoms with Gasteiger partial charge in [0.25, 0.3) is 0 Å². The van der Waals surface area contributed by atoms with Gasteiger partial charge in [-0.25, -0.2) is 0 Å². The summed E-state index contributed by atoms with van der Waals surface area (Å²) < 4.78 is 0. The number of hydrogen-bond donors (Lipinski definition) is 2. The zero-order valence-electron chi connectivity index (χ0n) is 10.00. The van der Waals surface area contributed by atoms with E-state index in [-0.39, 0.29) is 5.91 Å². The second-order valence-corrected chi connectivity index (χ2v) is 5.25. The molecule has 1 aromatic rings.